The van der Waals surface area contributed by atoms with E-state index in [-0.39, 0.29) is 18.6 Å². The van der Waals surface area contributed by atoms with Gasteiger partial charge in [-0.1, -0.05) is 28.1 Å². The first kappa shape index (κ1) is 15.4. The fourth-order valence-electron chi connectivity index (χ4n) is 1.32. The van der Waals surface area contributed by atoms with Crippen LogP contribution in [0.25, 0.3) is 6.08 Å². The van der Waals surface area contributed by atoms with Gasteiger partial charge in [0.15, 0.2) is 6.61 Å². The second-order valence-electron chi connectivity index (χ2n) is 4.22. The van der Waals surface area contributed by atoms with Crippen molar-refractivity contribution in [3.63, 3.8) is 0 Å². The highest BCUT2D eigenvalue weighted by molar-refractivity contribution is 9.10. The molecule has 0 fully saturated rings. The molecule has 0 aliphatic heterocycles. The van der Waals surface area contributed by atoms with Gasteiger partial charge in [0.05, 0.1) is 0 Å². The molecule has 0 unspecified atom stereocenters. The highest BCUT2D eigenvalue weighted by atomic mass is 79.9. The molecule has 19 heavy (non-hydrogen) atoms. The van der Waals surface area contributed by atoms with Crippen molar-refractivity contribution in [2.24, 2.45) is 0 Å². The molecule has 1 aromatic carbocycles. The van der Waals surface area contributed by atoms with Crippen LogP contribution >= 0.6 is 15.9 Å². The van der Waals surface area contributed by atoms with Crippen LogP contribution in [-0.2, 0) is 14.3 Å². The molecular weight excluding hydrogens is 310 g/mol. The van der Waals surface area contributed by atoms with E-state index in [1.54, 1.807) is 6.08 Å². The van der Waals surface area contributed by atoms with E-state index >= 15 is 0 Å². The molecule has 0 radical (unpaired) electrons. The smallest absolute Gasteiger partial charge is 0.331 e. The van der Waals surface area contributed by atoms with E-state index in [2.05, 4.69) is 21.2 Å². The fourth-order valence-corrected chi connectivity index (χ4v) is 1.74. The molecule has 0 heterocycles. The summed E-state index contributed by atoms with van der Waals surface area (Å²) in [5.41, 5.74) is 0.873. The third-order valence-corrected chi connectivity index (χ3v) is 2.55. The number of nitrogens with one attached hydrogen (secondary N) is 1. The molecule has 0 atom stereocenters. The number of benzene rings is 1. The molecule has 1 N–H and O–H groups in total. The number of esters is 1. The monoisotopic (exact) mass is 325 g/mol. The summed E-state index contributed by atoms with van der Waals surface area (Å²) in [7, 11) is 0. The number of rotatable bonds is 5. The summed E-state index contributed by atoms with van der Waals surface area (Å²) in [5, 5.41) is 2.63. The first-order valence-corrected chi connectivity index (χ1v) is 6.66. The molecule has 0 bridgehead atoms. The lowest BCUT2D eigenvalue weighted by Crippen LogP contribution is -2.33. The number of ether oxygens (including phenoxy) is 1. The van der Waals surface area contributed by atoms with Crippen molar-refractivity contribution < 1.29 is 14.3 Å². The Morgan fingerprint density at radius 2 is 2.16 bits per heavy atom. The van der Waals surface area contributed by atoms with Gasteiger partial charge in [0.25, 0.3) is 5.91 Å². The summed E-state index contributed by atoms with van der Waals surface area (Å²) in [6, 6.07) is 7.52. The number of hydrogen-bond donors (Lipinski definition) is 1. The predicted octanol–water partition coefficient (Wildman–Crippen LogP) is 2.53. The quantitative estimate of drug-likeness (QED) is 0.668. The maximum atomic E-state index is 11.4. The third-order valence-electron chi connectivity index (χ3n) is 2.06. The first-order valence-electron chi connectivity index (χ1n) is 5.87. The summed E-state index contributed by atoms with van der Waals surface area (Å²) in [4.78, 5) is 22.6. The van der Waals surface area contributed by atoms with Gasteiger partial charge in [-0.05, 0) is 37.6 Å². The van der Waals surface area contributed by atoms with Crippen LogP contribution in [0.5, 0.6) is 0 Å². The zero-order chi connectivity index (χ0) is 14.3. The minimum Gasteiger partial charge on any atom is -0.452 e. The fraction of sp³-hybridized carbons (Fsp3) is 0.286. The molecule has 5 heteroatoms. The number of halogens is 1. The lowest BCUT2D eigenvalue weighted by atomic mass is 10.2. The Bertz CT molecular complexity index is 483. The Kier molecular flexibility index (Phi) is 6.29. The van der Waals surface area contributed by atoms with Crippen LogP contribution < -0.4 is 5.32 Å². The molecule has 0 saturated heterocycles. The standard InChI is InChI=1S/C14H16BrNO3/c1-10(2)16-13(17)9-19-14(18)7-6-11-4-3-5-12(15)8-11/h3-8,10H,9H2,1-2H3,(H,16,17)/b7-6+. The Morgan fingerprint density at radius 3 is 2.79 bits per heavy atom. The van der Waals surface area contributed by atoms with Crippen molar-refractivity contribution in [1.82, 2.24) is 5.32 Å². The first-order chi connectivity index (χ1) is 8.97. The Morgan fingerprint density at radius 1 is 1.42 bits per heavy atom. The molecular formula is C14H16BrNO3. The van der Waals surface area contributed by atoms with Crippen LogP contribution in [-0.4, -0.2) is 24.5 Å². The van der Waals surface area contributed by atoms with Gasteiger partial charge in [-0.2, -0.15) is 0 Å². The summed E-state index contributed by atoms with van der Waals surface area (Å²) < 4.78 is 5.74. The maximum absolute atomic E-state index is 11.4. The van der Waals surface area contributed by atoms with E-state index in [1.807, 2.05) is 38.1 Å². The van der Waals surface area contributed by atoms with Crippen LogP contribution in [0.15, 0.2) is 34.8 Å². The third kappa shape index (κ3) is 6.76. The Labute approximate surface area is 121 Å². The number of amides is 1. The highest BCUT2D eigenvalue weighted by Gasteiger charge is 2.05. The molecule has 0 saturated carbocycles. The Balaban J connectivity index is 2.41. The lowest BCUT2D eigenvalue weighted by Gasteiger charge is -2.07. The van der Waals surface area contributed by atoms with Crippen molar-refractivity contribution >= 4 is 33.9 Å². The van der Waals surface area contributed by atoms with Gasteiger partial charge in [-0.3, -0.25) is 4.79 Å². The molecule has 0 aliphatic rings. The van der Waals surface area contributed by atoms with Crippen LogP contribution in [0.3, 0.4) is 0 Å². The second-order valence-corrected chi connectivity index (χ2v) is 5.13. The van der Waals surface area contributed by atoms with E-state index < -0.39 is 5.97 Å². The van der Waals surface area contributed by atoms with Gasteiger partial charge in [0, 0.05) is 16.6 Å². The average Bonchev–Trinajstić information content (AvgIpc) is 2.33. The van der Waals surface area contributed by atoms with Gasteiger partial charge >= 0.3 is 5.97 Å². The average molecular weight is 326 g/mol. The lowest BCUT2D eigenvalue weighted by molar-refractivity contribution is -0.143. The van der Waals surface area contributed by atoms with Crippen molar-refractivity contribution in [1.29, 1.82) is 0 Å². The van der Waals surface area contributed by atoms with E-state index in [9.17, 15) is 9.59 Å². The van der Waals surface area contributed by atoms with Crippen molar-refractivity contribution in [2.45, 2.75) is 19.9 Å². The van der Waals surface area contributed by atoms with E-state index in [4.69, 9.17) is 4.74 Å². The largest absolute Gasteiger partial charge is 0.452 e. The minimum atomic E-state index is -0.543. The summed E-state index contributed by atoms with van der Waals surface area (Å²) in [6.07, 6.45) is 2.93. The summed E-state index contributed by atoms with van der Waals surface area (Å²) >= 11 is 3.34. The topological polar surface area (TPSA) is 55.4 Å². The van der Waals surface area contributed by atoms with Crippen molar-refractivity contribution in [3.8, 4) is 0 Å². The van der Waals surface area contributed by atoms with Crippen LogP contribution in [0.1, 0.15) is 19.4 Å². The summed E-state index contributed by atoms with van der Waals surface area (Å²) in [5.74, 6) is -0.849. The second kappa shape index (κ2) is 7.74. The van der Waals surface area contributed by atoms with Gasteiger partial charge < -0.3 is 10.1 Å². The molecule has 1 rings (SSSR count). The molecule has 1 aromatic rings. The van der Waals surface area contributed by atoms with Gasteiger partial charge in [-0.15, -0.1) is 0 Å². The zero-order valence-corrected chi connectivity index (χ0v) is 12.4. The van der Waals surface area contributed by atoms with Gasteiger partial charge in [0.2, 0.25) is 0 Å². The molecule has 4 nitrogen and oxygen atoms in total. The highest BCUT2D eigenvalue weighted by Crippen LogP contribution is 2.12. The van der Waals surface area contributed by atoms with Gasteiger partial charge in [0.1, 0.15) is 0 Å². The Hall–Kier alpha value is -1.62. The van der Waals surface area contributed by atoms with E-state index in [0.29, 0.717) is 0 Å². The molecule has 102 valence electrons. The molecule has 1 amide bonds. The normalized spacial score (nSPS) is 10.7. The zero-order valence-electron chi connectivity index (χ0n) is 10.9. The van der Waals surface area contributed by atoms with Crippen LogP contribution in [0.4, 0.5) is 0 Å². The van der Waals surface area contributed by atoms with Gasteiger partial charge in [-0.25, -0.2) is 4.79 Å². The van der Waals surface area contributed by atoms with Crippen molar-refractivity contribution in [2.75, 3.05) is 6.61 Å². The molecule has 0 aliphatic carbocycles. The van der Waals surface area contributed by atoms with E-state index in [1.165, 1.54) is 6.08 Å². The summed E-state index contributed by atoms with van der Waals surface area (Å²) in [6.45, 7) is 3.42. The van der Waals surface area contributed by atoms with Crippen LogP contribution in [0, 0.1) is 0 Å². The molecule has 0 spiro atoms. The van der Waals surface area contributed by atoms with E-state index in [0.717, 1.165) is 10.0 Å². The number of hydrogen-bond acceptors (Lipinski definition) is 3. The van der Waals surface area contributed by atoms with Crippen LogP contribution in [0.2, 0.25) is 0 Å². The number of carbonyl (C=O) groups is 2. The number of carbonyl (C=O) groups excluding carboxylic acids is 2. The SMILES string of the molecule is CC(C)NC(=O)COC(=O)/C=C/c1cccc(Br)c1. The molecule has 0 aromatic heterocycles. The predicted molar refractivity (Wildman–Crippen MR) is 77.4 cm³/mol. The maximum Gasteiger partial charge on any atom is 0.331 e. The van der Waals surface area contributed by atoms with Crippen molar-refractivity contribution in [3.05, 3.63) is 40.4 Å². The minimum absolute atomic E-state index is 0.0309.